The van der Waals surface area contributed by atoms with E-state index in [4.69, 9.17) is 0 Å². The van der Waals surface area contributed by atoms with Crippen molar-refractivity contribution in [3.8, 4) is 0 Å². The molecule has 2 rings (SSSR count). The van der Waals surface area contributed by atoms with E-state index in [1.807, 2.05) is 20.8 Å². The standard InChI is InChI=1S/C15H17N3O2S/c1-15(2,3)14(20)18-11-6-4-5-10(7-11)17-13(19)12-8-21-9-16-12/h4-9H,1-3H3,(H,17,19)(H,18,20). The van der Waals surface area contributed by atoms with Crippen LogP contribution in [0.1, 0.15) is 31.3 Å². The molecule has 0 saturated carbocycles. The molecular weight excluding hydrogens is 286 g/mol. The van der Waals surface area contributed by atoms with Gasteiger partial charge in [-0.1, -0.05) is 26.8 Å². The minimum Gasteiger partial charge on any atom is -0.326 e. The van der Waals surface area contributed by atoms with Gasteiger partial charge in [-0.05, 0) is 18.2 Å². The van der Waals surface area contributed by atoms with Crippen LogP contribution in [0.25, 0.3) is 0 Å². The van der Waals surface area contributed by atoms with Gasteiger partial charge in [-0.2, -0.15) is 0 Å². The Morgan fingerprint density at radius 3 is 2.38 bits per heavy atom. The molecular formula is C15H17N3O2S. The Labute approximate surface area is 127 Å². The molecule has 0 fully saturated rings. The zero-order valence-electron chi connectivity index (χ0n) is 12.1. The summed E-state index contributed by atoms with van der Waals surface area (Å²) in [6.45, 7) is 5.53. The van der Waals surface area contributed by atoms with E-state index < -0.39 is 5.41 Å². The van der Waals surface area contributed by atoms with Gasteiger partial charge in [0.25, 0.3) is 5.91 Å². The van der Waals surface area contributed by atoms with Crippen molar-refractivity contribution in [2.24, 2.45) is 5.41 Å². The number of anilines is 2. The average molecular weight is 303 g/mol. The molecule has 5 nitrogen and oxygen atoms in total. The van der Waals surface area contributed by atoms with E-state index in [0.29, 0.717) is 17.1 Å². The van der Waals surface area contributed by atoms with Gasteiger partial charge in [0, 0.05) is 22.2 Å². The van der Waals surface area contributed by atoms with Crippen molar-refractivity contribution >= 4 is 34.5 Å². The third kappa shape index (κ3) is 4.13. The van der Waals surface area contributed by atoms with E-state index in [1.165, 1.54) is 11.3 Å². The maximum absolute atomic E-state index is 11.9. The van der Waals surface area contributed by atoms with Crippen LogP contribution in [0.4, 0.5) is 11.4 Å². The minimum absolute atomic E-state index is 0.0783. The first-order valence-corrected chi connectivity index (χ1v) is 7.41. The van der Waals surface area contributed by atoms with Crippen molar-refractivity contribution in [2.45, 2.75) is 20.8 Å². The number of rotatable bonds is 3. The summed E-state index contributed by atoms with van der Waals surface area (Å²) < 4.78 is 0. The Kier molecular flexibility index (Phi) is 4.37. The first kappa shape index (κ1) is 15.2. The lowest BCUT2D eigenvalue weighted by atomic mass is 9.95. The highest BCUT2D eigenvalue weighted by Gasteiger charge is 2.21. The fraction of sp³-hybridized carbons (Fsp3) is 0.267. The fourth-order valence-corrected chi connectivity index (χ4v) is 2.05. The summed E-state index contributed by atoms with van der Waals surface area (Å²) in [4.78, 5) is 27.8. The summed E-state index contributed by atoms with van der Waals surface area (Å²) in [6.07, 6.45) is 0. The SMILES string of the molecule is CC(C)(C)C(=O)Nc1cccc(NC(=O)c2cscn2)c1. The molecule has 0 saturated heterocycles. The minimum atomic E-state index is -0.472. The summed E-state index contributed by atoms with van der Waals surface area (Å²) in [5, 5.41) is 7.26. The first-order valence-electron chi connectivity index (χ1n) is 6.47. The van der Waals surface area contributed by atoms with Gasteiger partial charge in [0.15, 0.2) is 0 Å². The molecule has 1 aromatic heterocycles. The zero-order chi connectivity index (χ0) is 15.5. The van der Waals surface area contributed by atoms with Crippen molar-refractivity contribution in [3.05, 3.63) is 40.8 Å². The number of nitrogens with zero attached hydrogens (tertiary/aromatic N) is 1. The van der Waals surface area contributed by atoms with Crippen LogP contribution in [0.15, 0.2) is 35.2 Å². The molecule has 0 unspecified atom stereocenters. The van der Waals surface area contributed by atoms with Crippen molar-refractivity contribution in [3.63, 3.8) is 0 Å². The molecule has 2 N–H and O–H groups in total. The van der Waals surface area contributed by atoms with Gasteiger partial charge in [0.2, 0.25) is 5.91 Å². The molecule has 0 spiro atoms. The zero-order valence-corrected chi connectivity index (χ0v) is 13.0. The number of hydrogen-bond acceptors (Lipinski definition) is 4. The monoisotopic (exact) mass is 303 g/mol. The summed E-state index contributed by atoms with van der Waals surface area (Å²) >= 11 is 1.36. The molecule has 110 valence electrons. The number of thiazole rings is 1. The van der Waals surface area contributed by atoms with Crippen LogP contribution in [0.3, 0.4) is 0 Å². The topological polar surface area (TPSA) is 71.1 Å². The predicted molar refractivity (Wildman–Crippen MR) is 84.6 cm³/mol. The van der Waals surface area contributed by atoms with Crippen molar-refractivity contribution in [1.82, 2.24) is 4.98 Å². The predicted octanol–water partition coefficient (Wildman–Crippen LogP) is 3.38. The van der Waals surface area contributed by atoms with Crippen molar-refractivity contribution < 1.29 is 9.59 Å². The Bertz CT molecular complexity index is 645. The molecule has 6 heteroatoms. The molecule has 1 heterocycles. The molecule has 0 aliphatic heterocycles. The smallest absolute Gasteiger partial charge is 0.275 e. The van der Waals surface area contributed by atoms with E-state index >= 15 is 0 Å². The van der Waals surface area contributed by atoms with Gasteiger partial charge < -0.3 is 10.6 Å². The van der Waals surface area contributed by atoms with Gasteiger partial charge in [-0.15, -0.1) is 11.3 Å². The quantitative estimate of drug-likeness (QED) is 0.913. The normalized spacial score (nSPS) is 11.0. The Morgan fingerprint density at radius 2 is 1.81 bits per heavy atom. The number of carbonyl (C=O) groups excluding carboxylic acids is 2. The summed E-state index contributed by atoms with van der Waals surface area (Å²) in [6, 6.07) is 7.03. The van der Waals surface area contributed by atoms with Gasteiger partial charge in [-0.25, -0.2) is 4.98 Å². The third-order valence-corrected chi connectivity index (χ3v) is 3.31. The lowest BCUT2D eigenvalue weighted by molar-refractivity contribution is -0.123. The molecule has 0 aliphatic rings. The molecule has 2 amide bonds. The summed E-state index contributed by atoms with van der Waals surface area (Å²) in [7, 11) is 0. The molecule has 2 aromatic rings. The summed E-state index contributed by atoms with van der Waals surface area (Å²) in [5.74, 6) is -0.346. The maximum Gasteiger partial charge on any atom is 0.275 e. The number of carbonyl (C=O) groups is 2. The van der Waals surface area contributed by atoms with Gasteiger partial charge in [0.05, 0.1) is 5.51 Å². The van der Waals surface area contributed by atoms with Crippen LogP contribution in [0, 0.1) is 5.41 Å². The number of amides is 2. The molecule has 0 bridgehead atoms. The number of hydrogen-bond donors (Lipinski definition) is 2. The van der Waals surface area contributed by atoms with E-state index in [2.05, 4.69) is 15.6 Å². The largest absolute Gasteiger partial charge is 0.326 e. The van der Waals surface area contributed by atoms with Crippen LogP contribution < -0.4 is 10.6 Å². The highest BCUT2D eigenvalue weighted by molar-refractivity contribution is 7.07. The molecule has 0 atom stereocenters. The summed E-state index contributed by atoms with van der Waals surface area (Å²) in [5.41, 5.74) is 2.77. The number of nitrogens with one attached hydrogen (secondary N) is 2. The van der Waals surface area contributed by atoms with E-state index in [9.17, 15) is 9.59 Å². The van der Waals surface area contributed by atoms with Gasteiger partial charge in [0.1, 0.15) is 5.69 Å². The Morgan fingerprint density at radius 1 is 1.14 bits per heavy atom. The van der Waals surface area contributed by atoms with Crippen LogP contribution in [-0.4, -0.2) is 16.8 Å². The molecule has 1 aromatic carbocycles. The first-order chi connectivity index (χ1) is 9.86. The Hall–Kier alpha value is -2.21. The lowest BCUT2D eigenvalue weighted by Crippen LogP contribution is -2.27. The van der Waals surface area contributed by atoms with E-state index in [1.54, 1.807) is 35.2 Å². The second-order valence-electron chi connectivity index (χ2n) is 5.61. The molecule has 0 radical (unpaired) electrons. The highest BCUT2D eigenvalue weighted by Crippen LogP contribution is 2.20. The second kappa shape index (κ2) is 6.05. The average Bonchev–Trinajstić information content (AvgIpc) is 2.91. The van der Waals surface area contributed by atoms with E-state index in [0.717, 1.165) is 0 Å². The maximum atomic E-state index is 11.9. The fourth-order valence-electron chi connectivity index (χ4n) is 1.51. The second-order valence-corrected chi connectivity index (χ2v) is 6.33. The van der Waals surface area contributed by atoms with Crippen molar-refractivity contribution in [1.29, 1.82) is 0 Å². The molecule has 21 heavy (non-hydrogen) atoms. The third-order valence-electron chi connectivity index (χ3n) is 2.72. The van der Waals surface area contributed by atoms with Crippen molar-refractivity contribution in [2.75, 3.05) is 10.6 Å². The number of benzene rings is 1. The van der Waals surface area contributed by atoms with Gasteiger partial charge in [-0.3, -0.25) is 9.59 Å². The van der Waals surface area contributed by atoms with Crippen LogP contribution in [0.5, 0.6) is 0 Å². The van der Waals surface area contributed by atoms with Crippen LogP contribution in [0.2, 0.25) is 0 Å². The van der Waals surface area contributed by atoms with Crippen LogP contribution in [-0.2, 0) is 4.79 Å². The van der Waals surface area contributed by atoms with Crippen LogP contribution >= 0.6 is 11.3 Å². The van der Waals surface area contributed by atoms with E-state index in [-0.39, 0.29) is 11.8 Å². The van der Waals surface area contributed by atoms with Gasteiger partial charge >= 0.3 is 0 Å². The highest BCUT2D eigenvalue weighted by atomic mass is 32.1. The lowest BCUT2D eigenvalue weighted by Gasteiger charge is -2.18. The Balaban J connectivity index is 2.08. The molecule has 0 aliphatic carbocycles. The number of aromatic nitrogens is 1.